The number of hydrogen-bond donors (Lipinski definition) is 4. The van der Waals surface area contributed by atoms with E-state index >= 15 is 0 Å². The minimum atomic E-state index is -1.16. The summed E-state index contributed by atoms with van der Waals surface area (Å²) in [5.41, 5.74) is 1.11. The van der Waals surface area contributed by atoms with Gasteiger partial charge in [0.05, 0.1) is 18.2 Å². The SMILES string of the molecule is CC(C)C[C@H]1COc2ccccc2C(=O)N[C@H](C(=O)NCC2(c3cccc(F)c3)CCOCC2)CCC(=O)N[C@@H](Cc2ccccc2)C(=O)N(C)CC(=O)N1. The lowest BCUT2D eigenvalue weighted by Crippen LogP contribution is -2.53. The summed E-state index contributed by atoms with van der Waals surface area (Å²) < 4.78 is 26.1. The summed E-state index contributed by atoms with van der Waals surface area (Å²) in [5.74, 6) is -2.41. The Morgan fingerprint density at radius 1 is 0.927 bits per heavy atom. The van der Waals surface area contributed by atoms with E-state index in [1.165, 1.54) is 24.1 Å². The molecule has 3 atom stereocenters. The summed E-state index contributed by atoms with van der Waals surface area (Å²) in [7, 11) is 1.51. The zero-order chi connectivity index (χ0) is 39.4. The smallest absolute Gasteiger partial charge is 0.255 e. The average Bonchev–Trinajstić information content (AvgIpc) is 3.17. The topological polar surface area (TPSA) is 155 Å². The van der Waals surface area contributed by atoms with Crippen molar-refractivity contribution in [1.29, 1.82) is 0 Å². The number of ether oxygens (including phenoxy) is 2. The van der Waals surface area contributed by atoms with Crippen LogP contribution in [-0.2, 0) is 35.8 Å². The Bertz CT molecular complexity index is 1800. The first-order valence-electron chi connectivity index (χ1n) is 18.9. The molecular formula is C42H52FN5O7. The van der Waals surface area contributed by atoms with Crippen LogP contribution >= 0.6 is 0 Å². The average molecular weight is 758 g/mol. The van der Waals surface area contributed by atoms with E-state index < -0.39 is 53.1 Å². The van der Waals surface area contributed by atoms with Crippen LogP contribution in [0.3, 0.4) is 0 Å². The standard InChI is InChI=1S/C42H52FN5O7/c1-28(2)22-32-26-55-36-15-8-7-14-33(36)39(51)47-34(40(52)44-27-42(18-20-54-21-19-42)30-12-9-13-31(43)24-30)16-17-37(49)46-35(23-29-10-5-4-6-11-29)41(53)48(3)25-38(50)45-32/h4-15,24,28,32,34-35H,16-23,25-27H2,1-3H3,(H,44,52)(H,45,50)(H,46,49)(H,47,51)/t32-,34-,35-/m0/s1. The molecule has 12 nitrogen and oxygen atoms in total. The molecule has 5 amide bonds. The quantitative estimate of drug-likeness (QED) is 0.274. The van der Waals surface area contributed by atoms with Gasteiger partial charge in [-0.25, -0.2) is 4.39 Å². The Balaban J connectivity index is 1.43. The maximum absolute atomic E-state index is 14.4. The molecule has 13 heteroatoms. The number of fused-ring (bicyclic) bond motifs is 1. The number of carbonyl (C=O) groups is 5. The maximum atomic E-state index is 14.4. The highest BCUT2D eigenvalue weighted by Gasteiger charge is 2.36. The summed E-state index contributed by atoms with van der Waals surface area (Å²) in [4.78, 5) is 69.9. The molecule has 0 aliphatic carbocycles. The molecule has 1 saturated heterocycles. The molecule has 0 bridgehead atoms. The van der Waals surface area contributed by atoms with Crippen LogP contribution in [0.15, 0.2) is 78.9 Å². The summed E-state index contributed by atoms with van der Waals surface area (Å²) in [6.45, 7) is 4.84. The Morgan fingerprint density at radius 3 is 2.38 bits per heavy atom. The van der Waals surface area contributed by atoms with E-state index in [9.17, 15) is 28.4 Å². The van der Waals surface area contributed by atoms with Crippen molar-refractivity contribution in [2.24, 2.45) is 5.92 Å². The van der Waals surface area contributed by atoms with Crippen LogP contribution in [0.25, 0.3) is 0 Å². The first-order valence-corrected chi connectivity index (χ1v) is 18.9. The van der Waals surface area contributed by atoms with E-state index in [1.54, 1.807) is 30.3 Å². The van der Waals surface area contributed by atoms with E-state index in [1.807, 2.05) is 50.2 Å². The van der Waals surface area contributed by atoms with Crippen molar-refractivity contribution >= 4 is 29.5 Å². The van der Waals surface area contributed by atoms with Gasteiger partial charge in [0.2, 0.25) is 23.6 Å². The zero-order valence-electron chi connectivity index (χ0n) is 31.8. The summed E-state index contributed by atoms with van der Waals surface area (Å²) in [6.07, 6.45) is 1.53. The summed E-state index contributed by atoms with van der Waals surface area (Å²) in [6, 6.07) is 19.5. The van der Waals surface area contributed by atoms with E-state index in [0.29, 0.717) is 32.5 Å². The molecule has 2 aliphatic rings. The van der Waals surface area contributed by atoms with Gasteiger partial charge in [0.15, 0.2) is 0 Å². The third-order valence-corrected chi connectivity index (χ3v) is 10.1. The Morgan fingerprint density at radius 2 is 1.65 bits per heavy atom. The normalized spacial score (nSPS) is 21.5. The van der Waals surface area contributed by atoms with Crippen LogP contribution in [0.5, 0.6) is 5.75 Å². The van der Waals surface area contributed by atoms with Gasteiger partial charge < -0.3 is 35.6 Å². The number of carbonyl (C=O) groups excluding carboxylic acids is 5. The van der Waals surface area contributed by atoms with Gasteiger partial charge >= 0.3 is 0 Å². The molecule has 0 radical (unpaired) electrons. The molecular weight excluding hydrogens is 705 g/mol. The number of rotatable bonds is 8. The number of halogens is 1. The van der Waals surface area contributed by atoms with Crippen molar-refractivity contribution in [3.05, 3.63) is 101 Å². The van der Waals surface area contributed by atoms with Gasteiger partial charge in [-0.15, -0.1) is 0 Å². The largest absolute Gasteiger partial charge is 0.491 e. The molecule has 294 valence electrons. The molecule has 1 fully saturated rings. The van der Waals surface area contributed by atoms with Gasteiger partial charge in [0.1, 0.15) is 30.3 Å². The van der Waals surface area contributed by atoms with E-state index in [0.717, 1.165) is 11.1 Å². The summed E-state index contributed by atoms with van der Waals surface area (Å²) in [5, 5.41) is 11.6. The Kier molecular flexibility index (Phi) is 14.4. The van der Waals surface area contributed by atoms with Gasteiger partial charge in [0.25, 0.3) is 5.91 Å². The molecule has 0 aromatic heterocycles. The van der Waals surface area contributed by atoms with E-state index in [-0.39, 0.29) is 62.0 Å². The third kappa shape index (κ3) is 11.6. The molecule has 2 heterocycles. The van der Waals surface area contributed by atoms with E-state index in [2.05, 4.69) is 21.3 Å². The van der Waals surface area contributed by atoms with Crippen molar-refractivity contribution < 1.29 is 37.8 Å². The monoisotopic (exact) mass is 757 g/mol. The highest BCUT2D eigenvalue weighted by atomic mass is 19.1. The molecule has 55 heavy (non-hydrogen) atoms. The molecule has 3 aromatic carbocycles. The first-order chi connectivity index (χ1) is 26.4. The fourth-order valence-corrected chi connectivity index (χ4v) is 7.16. The Hall–Kier alpha value is -5.30. The lowest BCUT2D eigenvalue weighted by atomic mass is 9.74. The third-order valence-electron chi connectivity index (χ3n) is 10.1. The number of nitrogens with zero attached hydrogens (tertiary/aromatic N) is 1. The number of nitrogens with one attached hydrogen (secondary N) is 4. The minimum absolute atomic E-state index is 0.0500. The fourth-order valence-electron chi connectivity index (χ4n) is 7.16. The first kappa shape index (κ1) is 40.9. The van der Waals surface area contributed by atoms with Crippen LogP contribution in [0.2, 0.25) is 0 Å². The predicted molar refractivity (Wildman–Crippen MR) is 205 cm³/mol. The summed E-state index contributed by atoms with van der Waals surface area (Å²) >= 11 is 0. The van der Waals surface area contributed by atoms with Crippen LogP contribution in [0.1, 0.15) is 67.4 Å². The number of likely N-dealkylation sites (N-methyl/N-ethyl adjacent to an activating group) is 1. The highest BCUT2D eigenvalue weighted by Crippen LogP contribution is 2.34. The molecule has 0 spiro atoms. The van der Waals surface area contributed by atoms with Crippen molar-refractivity contribution in [3.8, 4) is 5.75 Å². The van der Waals surface area contributed by atoms with E-state index in [4.69, 9.17) is 9.47 Å². The molecule has 0 unspecified atom stereocenters. The van der Waals surface area contributed by atoms with Crippen LogP contribution in [0, 0.1) is 11.7 Å². The van der Waals surface area contributed by atoms with Crippen LogP contribution < -0.4 is 26.0 Å². The molecule has 3 aromatic rings. The van der Waals surface area contributed by atoms with Crippen LogP contribution in [0.4, 0.5) is 4.39 Å². The Labute approximate surface area is 321 Å². The number of benzene rings is 3. The zero-order valence-corrected chi connectivity index (χ0v) is 31.8. The second-order valence-corrected chi connectivity index (χ2v) is 14.9. The fraction of sp³-hybridized carbons (Fsp3) is 0.452. The van der Waals surface area contributed by atoms with Gasteiger partial charge in [-0.05, 0) is 67.0 Å². The molecule has 5 rings (SSSR count). The molecule has 4 N–H and O–H groups in total. The number of hydrogen-bond acceptors (Lipinski definition) is 7. The predicted octanol–water partition coefficient (Wildman–Crippen LogP) is 3.68. The van der Waals surface area contributed by atoms with Crippen molar-refractivity contribution in [3.63, 3.8) is 0 Å². The minimum Gasteiger partial charge on any atom is -0.491 e. The second-order valence-electron chi connectivity index (χ2n) is 14.9. The number of para-hydroxylation sites is 1. The lowest BCUT2D eigenvalue weighted by molar-refractivity contribution is -0.138. The lowest BCUT2D eigenvalue weighted by Gasteiger charge is -2.38. The van der Waals surface area contributed by atoms with Gasteiger partial charge in [-0.2, -0.15) is 0 Å². The molecule has 2 aliphatic heterocycles. The number of amides is 5. The van der Waals surface area contributed by atoms with Gasteiger partial charge in [-0.1, -0.05) is 68.4 Å². The van der Waals surface area contributed by atoms with Gasteiger partial charge in [0, 0.05) is 45.1 Å². The molecule has 0 saturated carbocycles. The van der Waals surface area contributed by atoms with Gasteiger partial charge in [-0.3, -0.25) is 24.0 Å². The van der Waals surface area contributed by atoms with Crippen LogP contribution in [-0.4, -0.2) is 92.5 Å². The maximum Gasteiger partial charge on any atom is 0.255 e. The van der Waals surface area contributed by atoms with Crippen molar-refractivity contribution in [1.82, 2.24) is 26.2 Å². The second kappa shape index (κ2) is 19.3. The van der Waals surface area contributed by atoms with Crippen molar-refractivity contribution in [2.75, 3.05) is 40.0 Å². The van der Waals surface area contributed by atoms with Crippen molar-refractivity contribution in [2.45, 2.75) is 75.9 Å². The highest BCUT2D eigenvalue weighted by molar-refractivity contribution is 6.00.